The highest BCUT2D eigenvalue weighted by atomic mass is 19.1. The van der Waals surface area contributed by atoms with Crippen LogP contribution >= 0.6 is 0 Å². The van der Waals surface area contributed by atoms with Gasteiger partial charge in [0.2, 0.25) is 5.95 Å². The molecule has 13 nitrogen and oxygen atoms in total. The summed E-state index contributed by atoms with van der Waals surface area (Å²) >= 11 is 0. The highest BCUT2D eigenvalue weighted by molar-refractivity contribution is 6.07. The third-order valence-corrected chi connectivity index (χ3v) is 6.63. The first-order valence-electron chi connectivity index (χ1n) is 13.3. The van der Waals surface area contributed by atoms with E-state index in [2.05, 4.69) is 20.3 Å². The first-order chi connectivity index (χ1) is 18.9. The smallest absolute Gasteiger partial charge is 0.418 e. The number of carbonyl (C=O) groups is 2. The van der Waals surface area contributed by atoms with E-state index in [4.69, 9.17) is 9.84 Å². The van der Waals surface area contributed by atoms with E-state index in [1.807, 2.05) is 19.9 Å². The lowest BCUT2D eigenvalue weighted by molar-refractivity contribution is 0.0354. The molecule has 2 aliphatic heterocycles. The van der Waals surface area contributed by atoms with E-state index in [1.54, 1.807) is 48.8 Å². The highest BCUT2D eigenvalue weighted by Gasteiger charge is 2.39. The Labute approximate surface area is 230 Å². The molecule has 2 aliphatic rings. The summed E-state index contributed by atoms with van der Waals surface area (Å²) in [6.07, 6.45) is 0.487. The maximum atomic E-state index is 14.0. The lowest BCUT2D eigenvalue weighted by atomic mass is 10.1. The third kappa shape index (κ3) is 5.48. The number of hydrogen-bond acceptors (Lipinski definition) is 10. The molecule has 214 valence electrons. The van der Waals surface area contributed by atoms with Crippen LogP contribution in [0, 0.1) is 0 Å². The van der Waals surface area contributed by atoms with Crippen molar-refractivity contribution in [1.29, 1.82) is 0 Å². The van der Waals surface area contributed by atoms with Gasteiger partial charge in [0.25, 0.3) is 0 Å². The van der Waals surface area contributed by atoms with E-state index in [9.17, 15) is 19.1 Å². The van der Waals surface area contributed by atoms with Crippen molar-refractivity contribution in [3.63, 3.8) is 0 Å². The van der Waals surface area contributed by atoms with Crippen molar-refractivity contribution < 1.29 is 23.8 Å². The van der Waals surface area contributed by atoms with Gasteiger partial charge in [-0.05, 0) is 47.1 Å². The SMILES string of the molecule is CC(C)n1nc(N2CCN(C(=O)OC(C)(C)C)C2=O)c2cnc(Nc3ccnc(N4CC[C@H](O)[C@H](F)C4)n3)cc21. The minimum Gasteiger partial charge on any atom is -0.443 e. The summed E-state index contributed by atoms with van der Waals surface area (Å²) in [5, 5.41) is 18.2. The van der Waals surface area contributed by atoms with Gasteiger partial charge in [0.15, 0.2) is 5.82 Å². The van der Waals surface area contributed by atoms with Crippen molar-refractivity contribution in [1.82, 2.24) is 29.6 Å². The summed E-state index contributed by atoms with van der Waals surface area (Å²) in [6, 6.07) is 2.97. The Hall–Kier alpha value is -4.07. The Kier molecular flexibility index (Phi) is 7.21. The summed E-state index contributed by atoms with van der Waals surface area (Å²) in [7, 11) is 0. The number of nitrogens with one attached hydrogen (secondary N) is 1. The number of halogens is 1. The molecule has 3 aromatic heterocycles. The van der Waals surface area contributed by atoms with Crippen LogP contribution in [0.25, 0.3) is 10.9 Å². The summed E-state index contributed by atoms with van der Waals surface area (Å²) in [4.78, 5) is 43.3. The Bertz CT molecular complexity index is 1420. The predicted octanol–water partition coefficient (Wildman–Crippen LogP) is 3.63. The number of nitrogens with zero attached hydrogens (tertiary/aromatic N) is 8. The fourth-order valence-corrected chi connectivity index (χ4v) is 4.67. The first kappa shape index (κ1) is 27.5. The molecule has 3 aromatic rings. The molecule has 0 saturated carbocycles. The monoisotopic (exact) mass is 555 g/mol. The van der Waals surface area contributed by atoms with Crippen LogP contribution in [0.1, 0.15) is 47.1 Å². The number of pyridine rings is 1. The fraction of sp³-hybridized carbons (Fsp3) is 0.538. The molecule has 14 heteroatoms. The van der Waals surface area contributed by atoms with Crippen LogP contribution in [0.4, 0.5) is 37.4 Å². The maximum Gasteiger partial charge on any atom is 0.418 e. The van der Waals surface area contributed by atoms with Crippen molar-refractivity contribution in [2.75, 3.05) is 41.3 Å². The molecule has 5 heterocycles. The minimum atomic E-state index is -1.36. The molecule has 0 aliphatic carbocycles. The Morgan fingerprint density at radius 3 is 2.67 bits per heavy atom. The van der Waals surface area contributed by atoms with Crippen LogP contribution in [-0.4, -0.2) is 90.9 Å². The minimum absolute atomic E-state index is 0.0196. The first-order valence-corrected chi connectivity index (χ1v) is 13.3. The van der Waals surface area contributed by atoms with Crippen molar-refractivity contribution in [2.24, 2.45) is 0 Å². The third-order valence-electron chi connectivity index (χ3n) is 6.63. The zero-order valence-electron chi connectivity index (χ0n) is 23.2. The van der Waals surface area contributed by atoms with Gasteiger partial charge < -0.3 is 20.1 Å². The molecule has 0 radical (unpaired) electrons. The van der Waals surface area contributed by atoms with Crippen LogP contribution in [0.5, 0.6) is 0 Å². The number of anilines is 4. The summed E-state index contributed by atoms with van der Waals surface area (Å²) in [5.41, 5.74) is 0.0195. The second kappa shape index (κ2) is 10.5. The number of urea groups is 1. The van der Waals surface area contributed by atoms with Gasteiger partial charge in [-0.3, -0.25) is 9.58 Å². The molecule has 2 N–H and O–H groups in total. The Morgan fingerprint density at radius 1 is 1.20 bits per heavy atom. The normalized spacial score (nSPS) is 20.1. The molecule has 0 spiro atoms. The summed E-state index contributed by atoms with van der Waals surface area (Å²) in [6.45, 7) is 10.1. The highest BCUT2D eigenvalue weighted by Crippen LogP contribution is 2.32. The van der Waals surface area contributed by atoms with Crippen molar-refractivity contribution in [3.8, 4) is 0 Å². The van der Waals surface area contributed by atoms with E-state index < -0.39 is 30.0 Å². The molecular weight excluding hydrogens is 521 g/mol. The zero-order chi connectivity index (χ0) is 28.8. The van der Waals surface area contributed by atoms with Crippen LogP contribution in [0.15, 0.2) is 24.5 Å². The number of ether oxygens (including phenoxy) is 1. The average Bonchev–Trinajstić information content (AvgIpc) is 3.45. The van der Waals surface area contributed by atoms with E-state index in [-0.39, 0.29) is 25.7 Å². The lowest BCUT2D eigenvalue weighted by Crippen LogP contribution is -2.45. The van der Waals surface area contributed by atoms with Crippen molar-refractivity contribution >= 4 is 46.4 Å². The average molecular weight is 556 g/mol. The van der Waals surface area contributed by atoms with Gasteiger partial charge in [-0.1, -0.05) is 0 Å². The number of aliphatic hydroxyl groups excluding tert-OH is 1. The van der Waals surface area contributed by atoms with Crippen LogP contribution in [-0.2, 0) is 4.74 Å². The fourth-order valence-electron chi connectivity index (χ4n) is 4.67. The number of rotatable bonds is 5. The molecule has 2 saturated heterocycles. The second-order valence-electron chi connectivity index (χ2n) is 11.2. The lowest BCUT2D eigenvalue weighted by Gasteiger charge is -2.32. The quantitative estimate of drug-likeness (QED) is 0.479. The van der Waals surface area contributed by atoms with Crippen molar-refractivity contribution in [2.45, 2.75) is 65.0 Å². The number of aliphatic hydroxyl groups is 1. The van der Waals surface area contributed by atoms with Crippen LogP contribution < -0.4 is 15.1 Å². The van der Waals surface area contributed by atoms with Crippen LogP contribution in [0.3, 0.4) is 0 Å². The molecule has 40 heavy (non-hydrogen) atoms. The molecule has 2 fully saturated rings. The second-order valence-corrected chi connectivity index (χ2v) is 11.2. The van der Waals surface area contributed by atoms with Gasteiger partial charge in [0.1, 0.15) is 23.4 Å². The number of aromatic nitrogens is 5. The molecule has 3 amide bonds. The van der Waals surface area contributed by atoms with Gasteiger partial charge in [-0.15, -0.1) is 0 Å². The topological polar surface area (TPSA) is 142 Å². The standard InChI is InChI=1S/C26H34FN9O4/c1-15(2)36-18-12-21(30-20-6-8-28-23(31-20)33-9-7-19(37)17(27)14-33)29-13-16(18)22(32-36)34-10-11-35(24(34)38)25(39)40-26(3,4)5/h6,8,12-13,15,17,19,37H,7,9-11,14H2,1-5H3,(H,28,29,30,31)/t17-,19+/m1/s1. The molecule has 0 unspecified atom stereocenters. The van der Waals surface area contributed by atoms with Gasteiger partial charge >= 0.3 is 12.1 Å². The summed E-state index contributed by atoms with van der Waals surface area (Å²) < 4.78 is 21.2. The number of hydrogen-bond donors (Lipinski definition) is 2. The molecular formula is C26H34FN9O4. The van der Waals surface area contributed by atoms with Gasteiger partial charge in [0, 0.05) is 37.6 Å². The van der Waals surface area contributed by atoms with E-state index in [0.29, 0.717) is 41.8 Å². The predicted molar refractivity (Wildman–Crippen MR) is 147 cm³/mol. The van der Waals surface area contributed by atoms with E-state index in [0.717, 1.165) is 10.4 Å². The summed E-state index contributed by atoms with van der Waals surface area (Å²) in [5.74, 6) is 1.73. The largest absolute Gasteiger partial charge is 0.443 e. The van der Waals surface area contributed by atoms with Crippen molar-refractivity contribution in [3.05, 3.63) is 24.5 Å². The number of amides is 3. The number of piperidine rings is 1. The number of imide groups is 1. The Morgan fingerprint density at radius 2 is 1.98 bits per heavy atom. The molecule has 0 bridgehead atoms. The van der Waals surface area contributed by atoms with Crippen LogP contribution in [0.2, 0.25) is 0 Å². The number of alkyl halides is 1. The Balaban J connectivity index is 1.39. The maximum absolute atomic E-state index is 14.0. The molecule has 2 atom stereocenters. The number of carbonyl (C=O) groups excluding carboxylic acids is 2. The van der Waals surface area contributed by atoms with E-state index in [1.165, 1.54) is 4.90 Å². The van der Waals surface area contributed by atoms with Gasteiger partial charge in [-0.25, -0.2) is 28.8 Å². The van der Waals surface area contributed by atoms with E-state index >= 15 is 0 Å². The number of fused-ring (bicyclic) bond motifs is 1. The van der Waals surface area contributed by atoms with Gasteiger partial charge in [0.05, 0.1) is 30.1 Å². The molecule has 0 aromatic carbocycles. The zero-order valence-corrected chi connectivity index (χ0v) is 23.2. The molecule has 5 rings (SSSR count). The van der Waals surface area contributed by atoms with Gasteiger partial charge in [-0.2, -0.15) is 10.1 Å².